The number of rotatable bonds is 11. The molecule has 0 amide bonds. The van der Waals surface area contributed by atoms with Crippen molar-refractivity contribution in [3.05, 3.63) is 0 Å². The average molecular weight is 320 g/mol. The van der Waals surface area contributed by atoms with Gasteiger partial charge in [-0.25, -0.2) is 0 Å². The second kappa shape index (κ2) is 9.36. The molecule has 1 atom stereocenters. The van der Waals surface area contributed by atoms with E-state index < -0.39 is 0 Å². The highest BCUT2D eigenvalue weighted by molar-refractivity contribution is 9.10. The number of unbranched alkanes of at least 4 members (excludes halogenated alkanes) is 5. The Hall–Kier alpha value is 0.440. The SMILES string of the molecule is CCCCCC(C)(N)CCCCCCC(C)(C)Br. The summed E-state index contributed by atoms with van der Waals surface area (Å²) >= 11 is 3.69. The summed E-state index contributed by atoms with van der Waals surface area (Å²) in [5, 5.41) is 0. The lowest BCUT2D eigenvalue weighted by Gasteiger charge is -2.24. The summed E-state index contributed by atoms with van der Waals surface area (Å²) in [4.78, 5) is 0. The first-order chi connectivity index (χ1) is 8.27. The van der Waals surface area contributed by atoms with Gasteiger partial charge < -0.3 is 5.73 Å². The van der Waals surface area contributed by atoms with Crippen LogP contribution in [0.1, 0.15) is 91.9 Å². The van der Waals surface area contributed by atoms with Crippen LogP contribution in [-0.2, 0) is 0 Å². The minimum atomic E-state index is 0.0733. The highest BCUT2D eigenvalue weighted by atomic mass is 79.9. The molecule has 0 saturated heterocycles. The van der Waals surface area contributed by atoms with E-state index in [0.29, 0.717) is 4.32 Å². The van der Waals surface area contributed by atoms with Gasteiger partial charge in [-0.2, -0.15) is 0 Å². The van der Waals surface area contributed by atoms with E-state index in [-0.39, 0.29) is 5.54 Å². The minimum absolute atomic E-state index is 0.0733. The molecule has 0 spiro atoms. The van der Waals surface area contributed by atoms with Gasteiger partial charge in [-0.15, -0.1) is 0 Å². The Kier molecular flexibility index (Phi) is 9.59. The fourth-order valence-electron chi connectivity index (χ4n) is 2.33. The van der Waals surface area contributed by atoms with Crippen molar-refractivity contribution in [1.29, 1.82) is 0 Å². The number of alkyl halides is 1. The molecule has 0 rings (SSSR count). The van der Waals surface area contributed by atoms with Gasteiger partial charge in [0.2, 0.25) is 0 Å². The van der Waals surface area contributed by atoms with Crippen molar-refractivity contribution >= 4 is 15.9 Å². The molecule has 2 N–H and O–H groups in total. The van der Waals surface area contributed by atoms with E-state index in [4.69, 9.17) is 5.73 Å². The predicted molar refractivity (Wildman–Crippen MR) is 87.4 cm³/mol. The number of halogens is 1. The van der Waals surface area contributed by atoms with Gasteiger partial charge in [0.15, 0.2) is 0 Å². The summed E-state index contributed by atoms with van der Waals surface area (Å²) in [6.45, 7) is 8.97. The lowest BCUT2D eigenvalue weighted by molar-refractivity contribution is 0.365. The Bertz CT molecular complexity index is 194. The molecule has 18 heavy (non-hydrogen) atoms. The van der Waals surface area contributed by atoms with E-state index in [9.17, 15) is 0 Å². The number of hydrogen-bond acceptors (Lipinski definition) is 1. The lowest BCUT2D eigenvalue weighted by atomic mass is 9.89. The van der Waals surface area contributed by atoms with Crippen LogP contribution in [0.2, 0.25) is 0 Å². The fraction of sp³-hybridized carbons (Fsp3) is 1.00. The molecule has 0 aromatic carbocycles. The Morgan fingerprint density at radius 1 is 0.778 bits per heavy atom. The zero-order valence-corrected chi connectivity index (χ0v) is 14.6. The molecule has 0 aromatic heterocycles. The largest absolute Gasteiger partial charge is 0.325 e. The maximum atomic E-state index is 6.33. The molecular formula is C16H34BrN. The maximum Gasteiger partial charge on any atom is 0.0201 e. The number of nitrogens with two attached hydrogens (primary N) is 1. The summed E-state index contributed by atoms with van der Waals surface area (Å²) in [5.41, 5.74) is 6.41. The zero-order valence-electron chi connectivity index (χ0n) is 13.0. The van der Waals surface area contributed by atoms with Gasteiger partial charge in [0.25, 0.3) is 0 Å². The monoisotopic (exact) mass is 319 g/mol. The van der Waals surface area contributed by atoms with Crippen LogP contribution in [0.5, 0.6) is 0 Å². The van der Waals surface area contributed by atoms with Crippen LogP contribution in [0, 0.1) is 0 Å². The third-order valence-corrected chi connectivity index (χ3v) is 4.02. The summed E-state index contributed by atoms with van der Waals surface area (Å²) in [6, 6.07) is 0. The summed E-state index contributed by atoms with van der Waals surface area (Å²) < 4.78 is 0.315. The molecule has 0 aliphatic rings. The maximum absolute atomic E-state index is 6.33. The standard InChI is InChI=1S/C16H34BrN/c1-5-6-9-13-16(4,18)14-11-8-7-10-12-15(2,3)17/h5-14,18H2,1-4H3. The second-order valence-corrected chi connectivity index (χ2v) is 8.89. The van der Waals surface area contributed by atoms with Crippen LogP contribution in [-0.4, -0.2) is 9.86 Å². The van der Waals surface area contributed by atoms with Crippen molar-refractivity contribution in [2.45, 2.75) is 102 Å². The molecule has 2 heteroatoms. The smallest absolute Gasteiger partial charge is 0.0201 e. The van der Waals surface area contributed by atoms with Crippen LogP contribution < -0.4 is 5.73 Å². The van der Waals surface area contributed by atoms with Crippen LogP contribution in [0.4, 0.5) is 0 Å². The Labute approximate surface area is 123 Å². The third kappa shape index (κ3) is 12.9. The van der Waals surface area contributed by atoms with Crippen LogP contribution in [0.25, 0.3) is 0 Å². The number of hydrogen-bond donors (Lipinski definition) is 1. The van der Waals surface area contributed by atoms with Crippen molar-refractivity contribution in [2.24, 2.45) is 5.73 Å². The van der Waals surface area contributed by atoms with Crippen molar-refractivity contribution in [2.75, 3.05) is 0 Å². The molecule has 0 aromatic rings. The topological polar surface area (TPSA) is 26.0 Å². The van der Waals surface area contributed by atoms with Crippen LogP contribution in [0.15, 0.2) is 0 Å². The van der Waals surface area contributed by atoms with E-state index in [1.807, 2.05) is 0 Å². The van der Waals surface area contributed by atoms with Crippen LogP contribution in [0.3, 0.4) is 0 Å². The van der Waals surface area contributed by atoms with Gasteiger partial charge in [0.05, 0.1) is 0 Å². The van der Waals surface area contributed by atoms with Gasteiger partial charge in [0.1, 0.15) is 0 Å². The Morgan fingerprint density at radius 2 is 1.22 bits per heavy atom. The van der Waals surface area contributed by atoms with E-state index in [0.717, 1.165) is 0 Å². The summed E-state index contributed by atoms with van der Waals surface area (Å²) in [5.74, 6) is 0. The van der Waals surface area contributed by atoms with Gasteiger partial charge in [-0.1, -0.05) is 81.6 Å². The molecule has 110 valence electrons. The second-order valence-electron chi connectivity index (χ2n) is 6.74. The van der Waals surface area contributed by atoms with Gasteiger partial charge >= 0.3 is 0 Å². The summed E-state index contributed by atoms with van der Waals surface area (Å²) in [7, 11) is 0. The van der Waals surface area contributed by atoms with E-state index in [1.54, 1.807) is 0 Å². The molecular weight excluding hydrogens is 286 g/mol. The molecule has 0 heterocycles. The van der Waals surface area contributed by atoms with Gasteiger partial charge in [0, 0.05) is 9.86 Å². The fourth-order valence-corrected chi connectivity index (χ4v) is 2.61. The molecule has 1 nitrogen and oxygen atoms in total. The molecule has 0 fully saturated rings. The molecule has 0 saturated carbocycles. The van der Waals surface area contributed by atoms with Crippen molar-refractivity contribution < 1.29 is 0 Å². The normalized spacial score (nSPS) is 15.7. The first-order valence-corrected chi connectivity index (χ1v) is 8.54. The van der Waals surface area contributed by atoms with E-state index in [1.165, 1.54) is 64.2 Å². The van der Waals surface area contributed by atoms with E-state index in [2.05, 4.69) is 43.6 Å². The Morgan fingerprint density at radius 3 is 1.67 bits per heavy atom. The van der Waals surface area contributed by atoms with Gasteiger partial charge in [-0.3, -0.25) is 0 Å². The highest BCUT2D eigenvalue weighted by Gasteiger charge is 2.17. The average Bonchev–Trinajstić information content (AvgIpc) is 2.22. The predicted octanol–water partition coefficient (Wildman–Crippen LogP) is 5.80. The van der Waals surface area contributed by atoms with E-state index >= 15 is 0 Å². The summed E-state index contributed by atoms with van der Waals surface area (Å²) in [6.07, 6.45) is 12.9. The Balaban J connectivity index is 3.46. The van der Waals surface area contributed by atoms with Crippen LogP contribution >= 0.6 is 15.9 Å². The lowest BCUT2D eigenvalue weighted by Crippen LogP contribution is -2.35. The highest BCUT2D eigenvalue weighted by Crippen LogP contribution is 2.24. The molecule has 0 bridgehead atoms. The van der Waals surface area contributed by atoms with Crippen molar-refractivity contribution in [3.63, 3.8) is 0 Å². The molecule has 0 radical (unpaired) electrons. The molecule has 1 unspecified atom stereocenters. The van der Waals surface area contributed by atoms with Gasteiger partial charge in [-0.05, 0) is 26.2 Å². The molecule has 0 aliphatic heterocycles. The first-order valence-electron chi connectivity index (χ1n) is 7.75. The molecule has 0 aliphatic carbocycles. The third-order valence-electron chi connectivity index (χ3n) is 3.62. The quantitative estimate of drug-likeness (QED) is 0.378. The zero-order chi connectivity index (χ0) is 14.1. The van der Waals surface area contributed by atoms with Crippen molar-refractivity contribution in [1.82, 2.24) is 0 Å². The first kappa shape index (κ1) is 18.4. The van der Waals surface area contributed by atoms with Crippen molar-refractivity contribution in [3.8, 4) is 0 Å². The minimum Gasteiger partial charge on any atom is -0.325 e.